The van der Waals surface area contributed by atoms with Gasteiger partial charge < -0.3 is 11.5 Å². The van der Waals surface area contributed by atoms with Crippen molar-refractivity contribution in [3.05, 3.63) is 17.3 Å². The van der Waals surface area contributed by atoms with Crippen LogP contribution in [0.5, 0.6) is 0 Å². The molecule has 74 valence electrons. The summed E-state index contributed by atoms with van der Waals surface area (Å²) in [6.07, 6.45) is 1.45. The van der Waals surface area contributed by atoms with Gasteiger partial charge in [-0.1, -0.05) is 0 Å². The van der Waals surface area contributed by atoms with Gasteiger partial charge in [0.25, 0.3) is 0 Å². The first-order chi connectivity index (χ1) is 7.13. The third kappa shape index (κ3) is 1.30. The summed E-state index contributed by atoms with van der Waals surface area (Å²) >= 11 is 0. The zero-order valence-corrected chi connectivity index (χ0v) is 8.02. The van der Waals surface area contributed by atoms with E-state index in [0.717, 1.165) is 5.56 Å². The fourth-order valence-electron chi connectivity index (χ4n) is 1.41. The standard InChI is InChI=1S/C9H8N6/c1-4-5(2-10)3-13-8-6(4)7(11)14-9(12)15-8/h3H,1H3,(H4,11,12,13,14,15). The van der Waals surface area contributed by atoms with E-state index < -0.39 is 0 Å². The summed E-state index contributed by atoms with van der Waals surface area (Å²) in [4.78, 5) is 11.8. The molecule has 2 aromatic rings. The zero-order valence-electron chi connectivity index (χ0n) is 8.02. The summed E-state index contributed by atoms with van der Waals surface area (Å²) in [5, 5.41) is 9.41. The quantitative estimate of drug-likeness (QED) is 0.634. The largest absolute Gasteiger partial charge is 0.383 e. The average molecular weight is 200 g/mol. The molecular weight excluding hydrogens is 192 g/mol. The number of nitriles is 1. The van der Waals surface area contributed by atoms with Crippen LogP contribution < -0.4 is 11.5 Å². The summed E-state index contributed by atoms with van der Waals surface area (Å²) < 4.78 is 0. The van der Waals surface area contributed by atoms with Crippen molar-refractivity contribution in [3.8, 4) is 6.07 Å². The van der Waals surface area contributed by atoms with E-state index >= 15 is 0 Å². The van der Waals surface area contributed by atoms with E-state index in [4.69, 9.17) is 16.7 Å². The molecule has 0 aromatic carbocycles. The van der Waals surface area contributed by atoms with E-state index in [2.05, 4.69) is 15.0 Å². The molecule has 2 rings (SSSR count). The van der Waals surface area contributed by atoms with Gasteiger partial charge in [0.15, 0.2) is 5.65 Å². The molecule has 2 aromatic heterocycles. The Kier molecular flexibility index (Phi) is 1.87. The van der Waals surface area contributed by atoms with Crippen molar-refractivity contribution in [1.82, 2.24) is 15.0 Å². The van der Waals surface area contributed by atoms with Gasteiger partial charge in [0.05, 0.1) is 10.9 Å². The number of nitrogens with zero attached hydrogens (tertiary/aromatic N) is 4. The Bertz CT molecular complexity index is 583. The number of hydrogen-bond acceptors (Lipinski definition) is 6. The van der Waals surface area contributed by atoms with Crippen LogP contribution in [0.4, 0.5) is 11.8 Å². The summed E-state index contributed by atoms with van der Waals surface area (Å²) in [6, 6.07) is 2.02. The molecule has 0 amide bonds. The molecule has 6 nitrogen and oxygen atoms in total. The number of nitrogens with two attached hydrogens (primary N) is 2. The third-order valence-electron chi connectivity index (χ3n) is 2.15. The molecular formula is C9H8N6. The fourth-order valence-corrected chi connectivity index (χ4v) is 1.41. The van der Waals surface area contributed by atoms with Gasteiger partial charge in [-0.05, 0) is 12.5 Å². The second-order valence-corrected chi connectivity index (χ2v) is 3.07. The first-order valence-electron chi connectivity index (χ1n) is 4.22. The highest BCUT2D eigenvalue weighted by Crippen LogP contribution is 2.22. The maximum absolute atomic E-state index is 8.83. The highest BCUT2D eigenvalue weighted by Gasteiger charge is 2.10. The second-order valence-electron chi connectivity index (χ2n) is 3.07. The lowest BCUT2D eigenvalue weighted by molar-refractivity contribution is 1.19. The normalized spacial score (nSPS) is 10.1. The topological polar surface area (TPSA) is 114 Å². The zero-order chi connectivity index (χ0) is 11.0. The van der Waals surface area contributed by atoms with Gasteiger partial charge in [-0.2, -0.15) is 15.2 Å². The van der Waals surface area contributed by atoms with Gasteiger partial charge in [-0.3, -0.25) is 0 Å². The molecule has 0 fully saturated rings. The monoisotopic (exact) mass is 200 g/mol. The number of pyridine rings is 1. The minimum atomic E-state index is 0.0802. The minimum absolute atomic E-state index is 0.0802. The highest BCUT2D eigenvalue weighted by molar-refractivity contribution is 5.90. The number of rotatable bonds is 0. The van der Waals surface area contributed by atoms with Crippen LogP contribution in [0, 0.1) is 18.3 Å². The van der Waals surface area contributed by atoms with Gasteiger partial charge in [0.1, 0.15) is 11.9 Å². The fraction of sp³-hybridized carbons (Fsp3) is 0.111. The summed E-state index contributed by atoms with van der Waals surface area (Å²) in [5.41, 5.74) is 12.7. The lowest BCUT2D eigenvalue weighted by Gasteiger charge is -2.05. The van der Waals surface area contributed by atoms with Gasteiger partial charge in [0.2, 0.25) is 5.95 Å². The Morgan fingerprint density at radius 3 is 2.73 bits per heavy atom. The maximum Gasteiger partial charge on any atom is 0.224 e. The maximum atomic E-state index is 8.83. The van der Waals surface area contributed by atoms with E-state index in [1.54, 1.807) is 6.92 Å². The Morgan fingerprint density at radius 1 is 1.33 bits per heavy atom. The van der Waals surface area contributed by atoms with Crippen LogP contribution in [0.3, 0.4) is 0 Å². The van der Waals surface area contributed by atoms with E-state index in [1.807, 2.05) is 6.07 Å². The van der Waals surface area contributed by atoms with Crippen LogP contribution in [-0.4, -0.2) is 15.0 Å². The number of aryl methyl sites for hydroxylation is 1. The Morgan fingerprint density at radius 2 is 2.07 bits per heavy atom. The Balaban J connectivity index is 2.94. The predicted octanol–water partition coefficient (Wildman–Crippen LogP) is 0.369. The summed E-state index contributed by atoms with van der Waals surface area (Å²) in [5.74, 6) is 0.330. The first-order valence-corrected chi connectivity index (χ1v) is 4.22. The molecule has 6 heteroatoms. The van der Waals surface area contributed by atoms with Crippen LogP contribution in [-0.2, 0) is 0 Å². The third-order valence-corrected chi connectivity index (χ3v) is 2.15. The summed E-state index contributed by atoms with van der Waals surface area (Å²) in [7, 11) is 0. The van der Waals surface area contributed by atoms with Crippen molar-refractivity contribution in [1.29, 1.82) is 5.26 Å². The predicted molar refractivity (Wildman–Crippen MR) is 55.6 cm³/mol. The van der Waals surface area contributed by atoms with E-state index in [0.29, 0.717) is 16.6 Å². The van der Waals surface area contributed by atoms with Crippen LogP contribution in [0.2, 0.25) is 0 Å². The number of nitrogen functional groups attached to an aromatic ring is 2. The van der Waals surface area contributed by atoms with Crippen molar-refractivity contribution >= 4 is 22.8 Å². The molecule has 15 heavy (non-hydrogen) atoms. The average Bonchev–Trinajstić information content (AvgIpc) is 2.17. The smallest absolute Gasteiger partial charge is 0.224 e. The van der Waals surface area contributed by atoms with Gasteiger partial charge >= 0.3 is 0 Å². The lowest BCUT2D eigenvalue weighted by atomic mass is 10.1. The first kappa shape index (κ1) is 9.15. The molecule has 0 aliphatic rings. The second kappa shape index (κ2) is 3.06. The van der Waals surface area contributed by atoms with Crippen LogP contribution in [0.25, 0.3) is 11.0 Å². The molecule has 0 atom stereocenters. The Hall–Kier alpha value is -2.42. The van der Waals surface area contributed by atoms with Gasteiger partial charge in [-0.15, -0.1) is 0 Å². The number of fused-ring (bicyclic) bond motifs is 1. The van der Waals surface area contributed by atoms with Crippen LogP contribution in [0.15, 0.2) is 6.20 Å². The van der Waals surface area contributed by atoms with E-state index in [-0.39, 0.29) is 11.8 Å². The van der Waals surface area contributed by atoms with Gasteiger partial charge in [0, 0.05) is 6.20 Å². The molecule has 0 radical (unpaired) electrons. The van der Waals surface area contributed by atoms with Gasteiger partial charge in [-0.25, -0.2) is 4.98 Å². The molecule has 0 unspecified atom stereocenters. The molecule has 0 aliphatic carbocycles. The number of hydrogen-bond donors (Lipinski definition) is 2. The summed E-state index contributed by atoms with van der Waals surface area (Å²) in [6.45, 7) is 1.78. The molecule has 0 aliphatic heterocycles. The van der Waals surface area contributed by atoms with E-state index in [1.165, 1.54) is 6.20 Å². The van der Waals surface area contributed by atoms with Crippen molar-refractivity contribution in [3.63, 3.8) is 0 Å². The molecule has 2 heterocycles. The molecule has 0 bridgehead atoms. The SMILES string of the molecule is Cc1c(C#N)cnc2nc(N)nc(N)c12. The number of aromatic nitrogens is 3. The minimum Gasteiger partial charge on any atom is -0.383 e. The van der Waals surface area contributed by atoms with Crippen molar-refractivity contribution in [2.45, 2.75) is 6.92 Å². The van der Waals surface area contributed by atoms with Crippen LogP contribution >= 0.6 is 0 Å². The highest BCUT2D eigenvalue weighted by atomic mass is 15.1. The molecule has 4 N–H and O–H groups in total. The lowest BCUT2D eigenvalue weighted by Crippen LogP contribution is -2.03. The van der Waals surface area contributed by atoms with Crippen LogP contribution in [0.1, 0.15) is 11.1 Å². The Labute approximate surface area is 85.6 Å². The molecule has 0 saturated carbocycles. The molecule has 0 spiro atoms. The van der Waals surface area contributed by atoms with Crippen molar-refractivity contribution < 1.29 is 0 Å². The number of anilines is 2. The molecule has 0 saturated heterocycles. The van der Waals surface area contributed by atoms with E-state index in [9.17, 15) is 0 Å². The van der Waals surface area contributed by atoms with Crippen molar-refractivity contribution in [2.75, 3.05) is 11.5 Å². The van der Waals surface area contributed by atoms with Crippen molar-refractivity contribution in [2.24, 2.45) is 0 Å².